The SMILES string of the molecule is CCCCCC1COC(c2ccc(-c3ccc(-c4cc(F)c(C(F)(F)Oc5cc(F)c(C#N)c(F)c5)c(F)c4)c(F)c3)c(F)c2)OC1. The van der Waals surface area contributed by atoms with Gasteiger partial charge in [-0.25, -0.2) is 26.3 Å². The van der Waals surface area contributed by atoms with Gasteiger partial charge in [0.1, 0.15) is 57.8 Å². The van der Waals surface area contributed by atoms with E-state index in [2.05, 4.69) is 11.7 Å². The zero-order valence-electron chi connectivity index (χ0n) is 24.9. The van der Waals surface area contributed by atoms with Gasteiger partial charge in [0.2, 0.25) is 0 Å². The topological polar surface area (TPSA) is 51.5 Å². The van der Waals surface area contributed by atoms with Crippen LogP contribution in [0.5, 0.6) is 5.75 Å². The average molecular weight is 662 g/mol. The Labute approximate surface area is 265 Å². The van der Waals surface area contributed by atoms with E-state index in [1.165, 1.54) is 24.3 Å². The second-order valence-electron chi connectivity index (χ2n) is 11.1. The van der Waals surface area contributed by atoms with Crippen molar-refractivity contribution in [2.24, 2.45) is 5.92 Å². The second-order valence-corrected chi connectivity index (χ2v) is 11.1. The molecule has 0 unspecified atom stereocenters. The first-order valence-corrected chi connectivity index (χ1v) is 14.7. The molecule has 0 aromatic heterocycles. The zero-order valence-corrected chi connectivity index (χ0v) is 24.9. The number of halogens is 8. The normalized spacial score (nSPS) is 16.6. The molecule has 1 aliphatic rings. The van der Waals surface area contributed by atoms with E-state index in [1.54, 1.807) is 6.07 Å². The summed E-state index contributed by atoms with van der Waals surface area (Å²) in [5.41, 5.74) is -3.25. The first-order valence-electron chi connectivity index (χ1n) is 14.7. The number of ether oxygens (including phenoxy) is 3. The van der Waals surface area contributed by atoms with Gasteiger partial charge in [-0.15, -0.1) is 0 Å². The lowest BCUT2D eigenvalue weighted by molar-refractivity contribution is -0.206. The maximum absolute atomic E-state index is 15.2. The molecule has 0 aliphatic carbocycles. The molecule has 0 radical (unpaired) electrons. The molecule has 0 amide bonds. The largest absolute Gasteiger partial charge is 0.432 e. The van der Waals surface area contributed by atoms with Gasteiger partial charge in [0.05, 0.1) is 13.2 Å². The minimum Gasteiger partial charge on any atom is -0.429 e. The van der Waals surface area contributed by atoms with Gasteiger partial charge in [-0.2, -0.15) is 14.0 Å². The average Bonchev–Trinajstić information content (AvgIpc) is 3.00. The molecule has 4 aromatic rings. The summed E-state index contributed by atoms with van der Waals surface area (Å²) in [5, 5.41) is 8.71. The van der Waals surface area contributed by atoms with Crippen LogP contribution in [0.15, 0.2) is 60.7 Å². The van der Waals surface area contributed by atoms with Crippen molar-refractivity contribution in [2.45, 2.75) is 45.0 Å². The predicted molar refractivity (Wildman–Crippen MR) is 155 cm³/mol. The first kappa shape index (κ1) is 33.9. The minimum atomic E-state index is -4.77. The molecule has 0 N–H and O–H groups in total. The first-order chi connectivity index (χ1) is 22.4. The number of rotatable bonds is 10. The van der Waals surface area contributed by atoms with Crippen LogP contribution in [0.25, 0.3) is 22.3 Å². The summed E-state index contributed by atoms with van der Waals surface area (Å²) in [4.78, 5) is 0. The van der Waals surface area contributed by atoms with Crippen LogP contribution in [0.3, 0.4) is 0 Å². The third kappa shape index (κ3) is 7.42. The fourth-order valence-corrected chi connectivity index (χ4v) is 5.34. The van der Waals surface area contributed by atoms with Crippen molar-refractivity contribution in [3.05, 3.63) is 112 Å². The van der Waals surface area contributed by atoms with E-state index in [4.69, 9.17) is 14.7 Å². The summed E-state index contributed by atoms with van der Waals surface area (Å²) in [6.45, 7) is 3.08. The molecule has 12 heteroatoms. The van der Waals surface area contributed by atoms with E-state index in [9.17, 15) is 26.3 Å². The summed E-state index contributed by atoms with van der Waals surface area (Å²) >= 11 is 0. The van der Waals surface area contributed by atoms with Gasteiger partial charge in [0.25, 0.3) is 0 Å². The summed E-state index contributed by atoms with van der Waals surface area (Å²) < 4.78 is 133. The Bertz CT molecular complexity index is 1770. The van der Waals surface area contributed by atoms with Gasteiger partial charge in [-0.05, 0) is 41.8 Å². The molecule has 0 saturated carbocycles. The standard InChI is InChI=1S/C35H27F8NO3/c1-2-3-4-5-19-17-45-34(46-18-19)21-7-9-24(28(37)11-21)20-6-8-25(27(36)10-20)22-12-31(40)33(32(41)13-22)35(42,43)47-23-14-29(38)26(16-44)30(39)15-23/h6-15,19,34H,2-5,17-18H2,1H3. The van der Waals surface area contributed by atoms with E-state index in [0.29, 0.717) is 30.9 Å². The highest BCUT2D eigenvalue weighted by Crippen LogP contribution is 2.39. The van der Waals surface area contributed by atoms with Crippen LogP contribution in [0.4, 0.5) is 35.1 Å². The Hall–Kier alpha value is -4.47. The van der Waals surface area contributed by atoms with Crippen molar-refractivity contribution in [3.63, 3.8) is 0 Å². The summed E-state index contributed by atoms with van der Waals surface area (Å²) in [6.07, 6.45) is -1.24. The van der Waals surface area contributed by atoms with Crippen LogP contribution in [-0.2, 0) is 15.6 Å². The van der Waals surface area contributed by atoms with Crippen LogP contribution in [-0.4, -0.2) is 13.2 Å². The van der Waals surface area contributed by atoms with Crippen molar-refractivity contribution >= 4 is 0 Å². The van der Waals surface area contributed by atoms with Gasteiger partial charge in [0.15, 0.2) is 6.29 Å². The third-order valence-electron chi connectivity index (χ3n) is 7.75. The predicted octanol–water partition coefficient (Wildman–Crippen LogP) is 10.1. The third-order valence-corrected chi connectivity index (χ3v) is 7.75. The molecule has 4 aromatic carbocycles. The maximum Gasteiger partial charge on any atom is 0.432 e. The van der Waals surface area contributed by atoms with Gasteiger partial charge in [0, 0.05) is 34.7 Å². The number of nitriles is 1. The number of alkyl halides is 2. The molecule has 1 saturated heterocycles. The van der Waals surface area contributed by atoms with Crippen LogP contribution in [0.1, 0.15) is 55.6 Å². The molecule has 246 valence electrons. The van der Waals surface area contributed by atoms with Gasteiger partial charge < -0.3 is 14.2 Å². The molecule has 0 spiro atoms. The quantitative estimate of drug-likeness (QED) is 0.125. The van der Waals surface area contributed by atoms with Crippen LogP contribution >= 0.6 is 0 Å². The number of nitrogens with zero attached hydrogens (tertiary/aromatic N) is 1. The molecule has 1 heterocycles. The fourth-order valence-electron chi connectivity index (χ4n) is 5.34. The summed E-state index contributed by atoms with van der Waals surface area (Å²) in [5.74, 6) is -9.34. The number of benzene rings is 4. The van der Waals surface area contributed by atoms with E-state index < -0.39 is 69.7 Å². The Morgan fingerprint density at radius 1 is 0.745 bits per heavy atom. The lowest BCUT2D eigenvalue weighted by Gasteiger charge is -2.29. The Morgan fingerprint density at radius 2 is 1.32 bits per heavy atom. The van der Waals surface area contributed by atoms with Crippen LogP contribution in [0.2, 0.25) is 0 Å². The van der Waals surface area contributed by atoms with Crippen molar-refractivity contribution in [3.8, 4) is 34.1 Å². The summed E-state index contributed by atoms with van der Waals surface area (Å²) in [7, 11) is 0. The smallest absolute Gasteiger partial charge is 0.429 e. The molecular formula is C35H27F8NO3. The highest BCUT2D eigenvalue weighted by Gasteiger charge is 2.41. The Balaban J connectivity index is 1.33. The molecule has 1 fully saturated rings. The maximum atomic E-state index is 15.2. The zero-order chi connectivity index (χ0) is 33.9. The monoisotopic (exact) mass is 661 g/mol. The van der Waals surface area contributed by atoms with Crippen molar-refractivity contribution in [1.29, 1.82) is 5.26 Å². The highest BCUT2D eigenvalue weighted by atomic mass is 19.3. The van der Waals surface area contributed by atoms with Crippen molar-refractivity contribution in [2.75, 3.05) is 13.2 Å². The van der Waals surface area contributed by atoms with Crippen molar-refractivity contribution in [1.82, 2.24) is 0 Å². The number of unbranched alkanes of at least 4 members (excludes halogenated alkanes) is 2. The Morgan fingerprint density at radius 3 is 1.89 bits per heavy atom. The number of hydrogen-bond acceptors (Lipinski definition) is 4. The van der Waals surface area contributed by atoms with Crippen molar-refractivity contribution < 1.29 is 49.3 Å². The van der Waals surface area contributed by atoms with Gasteiger partial charge in [-0.3, -0.25) is 0 Å². The fraction of sp³-hybridized carbons (Fsp3) is 0.286. The molecule has 0 atom stereocenters. The molecule has 47 heavy (non-hydrogen) atoms. The van der Waals surface area contributed by atoms with Gasteiger partial charge >= 0.3 is 6.11 Å². The molecular weight excluding hydrogens is 634 g/mol. The molecule has 0 bridgehead atoms. The molecule has 5 rings (SSSR count). The lowest BCUT2D eigenvalue weighted by Crippen LogP contribution is -2.27. The second kappa shape index (κ2) is 14.1. The van der Waals surface area contributed by atoms with Crippen LogP contribution < -0.4 is 4.74 Å². The highest BCUT2D eigenvalue weighted by molar-refractivity contribution is 5.72. The molecule has 4 nitrogen and oxygen atoms in total. The minimum absolute atomic E-state index is 0.0210. The van der Waals surface area contributed by atoms with E-state index in [0.717, 1.165) is 37.8 Å². The molecule has 1 aliphatic heterocycles. The van der Waals surface area contributed by atoms with Crippen LogP contribution in [0, 0.1) is 52.2 Å². The van der Waals surface area contributed by atoms with E-state index >= 15 is 8.78 Å². The Kier molecular flexibility index (Phi) is 10.2. The van der Waals surface area contributed by atoms with E-state index in [1.807, 2.05) is 0 Å². The summed E-state index contributed by atoms with van der Waals surface area (Å²) in [6, 6.07) is 10.1. The number of hydrogen-bond donors (Lipinski definition) is 0. The van der Waals surface area contributed by atoms with Gasteiger partial charge in [-0.1, -0.05) is 50.5 Å². The van der Waals surface area contributed by atoms with E-state index in [-0.39, 0.29) is 34.7 Å². The lowest BCUT2D eigenvalue weighted by atomic mass is 9.97.